The zero-order valence-corrected chi connectivity index (χ0v) is 14.9. The molecule has 1 saturated carbocycles. The number of fused-ring (bicyclic) bond motifs is 2. The molecule has 26 heavy (non-hydrogen) atoms. The van der Waals surface area contributed by atoms with E-state index in [9.17, 15) is 4.79 Å². The van der Waals surface area contributed by atoms with Crippen LogP contribution in [0.2, 0.25) is 0 Å². The van der Waals surface area contributed by atoms with Gasteiger partial charge in [0.2, 0.25) is 11.8 Å². The average molecular weight is 348 g/mol. The van der Waals surface area contributed by atoms with Crippen LogP contribution in [-0.4, -0.2) is 17.5 Å². The lowest BCUT2D eigenvalue weighted by atomic mass is 9.95. The second-order valence-corrected chi connectivity index (χ2v) is 7.39. The second-order valence-electron chi connectivity index (χ2n) is 7.39. The molecule has 3 heterocycles. The van der Waals surface area contributed by atoms with Gasteiger partial charge in [0.15, 0.2) is 0 Å². The van der Waals surface area contributed by atoms with Crippen molar-refractivity contribution in [2.24, 2.45) is 0 Å². The van der Waals surface area contributed by atoms with Crippen LogP contribution in [0, 0.1) is 6.92 Å². The van der Waals surface area contributed by atoms with E-state index in [1.807, 2.05) is 37.3 Å². The zero-order valence-electron chi connectivity index (χ0n) is 14.9. The Labute approximate surface area is 152 Å². The summed E-state index contributed by atoms with van der Waals surface area (Å²) in [5.74, 6) is 2.40. The Morgan fingerprint density at radius 2 is 2.04 bits per heavy atom. The predicted molar refractivity (Wildman–Crippen MR) is 97.8 cm³/mol. The molecule has 0 radical (unpaired) electrons. The van der Waals surface area contributed by atoms with Gasteiger partial charge in [-0.25, -0.2) is 4.98 Å². The number of carbonyl (C=O) groups is 1. The van der Waals surface area contributed by atoms with E-state index in [2.05, 4.69) is 11.9 Å². The van der Waals surface area contributed by atoms with Gasteiger partial charge < -0.3 is 9.47 Å². The smallest absolute Gasteiger partial charge is 0.235 e. The van der Waals surface area contributed by atoms with Gasteiger partial charge in [0.05, 0.1) is 18.5 Å². The third kappa shape index (κ3) is 2.23. The molecule has 1 aliphatic carbocycles. The minimum atomic E-state index is 0.0714. The van der Waals surface area contributed by atoms with E-state index in [1.54, 1.807) is 11.1 Å². The fourth-order valence-electron chi connectivity index (χ4n) is 3.91. The Morgan fingerprint density at radius 3 is 2.69 bits per heavy atom. The number of allylic oxidation sites excluding steroid dienone is 1. The van der Waals surface area contributed by atoms with E-state index < -0.39 is 0 Å². The van der Waals surface area contributed by atoms with Gasteiger partial charge in [-0.1, -0.05) is 12.1 Å². The first-order valence-corrected chi connectivity index (χ1v) is 8.98. The van der Waals surface area contributed by atoms with Gasteiger partial charge in [0.25, 0.3) is 0 Å². The fourth-order valence-corrected chi connectivity index (χ4v) is 3.91. The van der Waals surface area contributed by atoms with E-state index in [-0.39, 0.29) is 11.3 Å². The minimum Gasteiger partial charge on any atom is -0.492 e. The number of pyridine rings is 1. The number of anilines is 1. The molecule has 132 valence electrons. The molecule has 1 amide bonds. The van der Waals surface area contributed by atoms with Crippen LogP contribution in [0.25, 0.3) is 0 Å². The number of hydrogen-bond acceptors (Lipinski definition) is 4. The molecule has 1 aromatic carbocycles. The average Bonchev–Trinajstić information content (AvgIpc) is 3.20. The number of amides is 1. The van der Waals surface area contributed by atoms with Crippen molar-refractivity contribution in [3.8, 4) is 17.4 Å². The molecule has 2 aromatic rings. The van der Waals surface area contributed by atoms with Crippen molar-refractivity contribution >= 4 is 11.6 Å². The molecular formula is C21H20N2O3. The van der Waals surface area contributed by atoms with Crippen molar-refractivity contribution < 1.29 is 14.3 Å². The summed E-state index contributed by atoms with van der Waals surface area (Å²) in [6.07, 6.45) is 6.36. The number of benzene rings is 1. The predicted octanol–water partition coefficient (Wildman–Crippen LogP) is 4.25. The summed E-state index contributed by atoms with van der Waals surface area (Å²) < 4.78 is 12.1. The lowest BCUT2D eigenvalue weighted by Crippen LogP contribution is -2.23. The molecule has 1 spiro atoms. The molecule has 0 saturated heterocycles. The van der Waals surface area contributed by atoms with Crippen LogP contribution >= 0.6 is 0 Å². The molecule has 0 atom stereocenters. The monoisotopic (exact) mass is 348 g/mol. The lowest BCUT2D eigenvalue weighted by Gasteiger charge is -2.18. The van der Waals surface area contributed by atoms with E-state index in [0.717, 1.165) is 47.9 Å². The quantitative estimate of drug-likeness (QED) is 0.832. The Balaban J connectivity index is 1.44. The highest BCUT2D eigenvalue weighted by Gasteiger charge is 2.53. The van der Waals surface area contributed by atoms with Crippen LogP contribution < -0.4 is 14.4 Å². The SMILES string of the molecule is CC1=CCC(=O)N1c1ccc(Oc2ccc(C)c3c2C2(CC2)CO3)nc1. The lowest BCUT2D eigenvalue weighted by molar-refractivity contribution is -0.116. The number of nitrogens with zero attached hydrogens (tertiary/aromatic N) is 2. The van der Waals surface area contributed by atoms with Crippen molar-refractivity contribution in [2.75, 3.05) is 11.5 Å². The van der Waals surface area contributed by atoms with Gasteiger partial charge in [-0.2, -0.15) is 0 Å². The molecular weight excluding hydrogens is 328 g/mol. The third-order valence-corrected chi connectivity index (χ3v) is 5.56. The number of hydrogen-bond donors (Lipinski definition) is 0. The summed E-state index contributed by atoms with van der Waals surface area (Å²) in [6.45, 7) is 4.75. The van der Waals surface area contributed by atoms with Gasteiger partial charge in [-0.15, -0.1) is 0 Å². The van der Waals surface area contributed by atoms with Crippen molar-refractivity contribution in [2.45, 2.75) is 38.5 Å². The minimum absolute atomic E-state index is 0.0714. The summed E-state index contributed by atoms with van der Waals surface area (Å²) in [5.41, 5.74) is 4.19. The molecule has 5 rings (SSSR count). The van der Waals surface area contributed by atoms with Crippen molar-refractivity contribution in [1.82, 2.24) is 4.98 Å². The summed E-state index contributed by atoms with van der Waals surface area (Å²) >= 11 is 0. The normalized spacial score (nSPS) is 19.4. The molecule has 5 heteroatoms. The van der Waals surface area contributed by atoms with E-state index in [1.165, 1.54) is 5.56 Å². The van der Waals surface area contributed by atoms with Crippen LogP contribution in [0.15, 0.2) is 42.2 Å². The van der Waals surface area contributed by atoms with Crippen LogP contribution in [0.4, 0.5) is 5.69 Å². The highest BCUT2D eigenvalue weighted by molar-refractivity contribution is 5.99. The molecule has 1 fully saturated rings. The van der Waals surface area contributed by atoms with Gasteiger partial charge in [-0.05, 0) is 44.4 Å². The Kier molecular flexibility index (Phi) is 3.17. The highest BCUT2D eigenvalue weighted by Crippen LogP contribution is 2.59. The maximum Gasteiger partial charge on any atom is 0.235 e. The molecule has 0 N–H and O–H groups in total. The summed E-state index contributed by atoms with van der Waals surface area (Å²) in [4.78, 5) is 18.1. The highest BCUT2D eigenvalue weighted by atomic mass is 16.5. The van der Waals surface area contributed by atoms with Crippen molar-refractivity contribution in [3.05, 3.63) is 53.4 Å². The third-order valence-electron chi connectivity index (χ3n) is 5.56. The first kappa shape index (κ1) is 15.4. The molecule has 3 aliphatic rings. The summed E-state index contributed by atoms with van der Waals surface area (Å²) in [5, 5.41) is 0. The van der Waals surface area contributed by atoms with E-state index in [0.29, 0.717) is 12.3 Å². The van der Waals surface area contributed by atoms with Gasteiger partial charge in [-0.3, -0.25) is 9.69 Å². The Bertz CT molecular complexity index is 942. The number of rotatable bonds is 3. The Morgan fingerprint density at radius 1 is 1.19 bits per heavy atom. The van der Waals surface area contributed by atoms with Crippen LogP contribution in [0.1, 0.15) is 37.3 Å². The molecule has 5 nitrogen and oxygen atoms in total. The van der Waals surface area contributed by atoms with Crippen LogP contribution in [-0.2, 0) is 10.2 Å². The maximum atomic E-state index is 12.0. The van der Waals surface area contributed by atoms with Crippen molar-refractivity contribution in [3.63, 3.8) is 0 Å². The van der Waals surface area contributed by atoms with E-state index in [4.69, 9.17) is 9.47 Å². The maximum absolute atomic E-state index is 12.0. The van der Waals surface area contributed by atoms with E-state index >= 15 is 0 Å². The van der Waals surface area contributed by atoms with Crippen LogP contribution in [0.5, 0.6) is 17.4 Å². The van der Waals surface area contributed by atoms with Gasteiger partial charge >= 0.3 is 0 Å². The summed E-state index contributed by atoms with van der Waals surface area (Å²) in [6, 6.07) is 7.73. The largest absolute Gasteiger partial charge is 0.492 e. The number of aromatic nitrogens is 1. The topological polar surface area (TPSA) is 51.7 Å². The first-order valence-electron chi connectivity index (χ1n) is 8.98. The van der Waals surface area contributed by atoms with Gasteiger partial charge in [0.1, 0.15) is 11.5 Å². The molecule has 2 aliphatic heterocycles. The first-order chi connectivity index (χ1) is 12.6. The fraction of sp³-hybridized carbons (Fsp3) is 0.333. The van der Waals surface area contributed by atoms with Gasteiger partial charge in [0, 0.05) is 29.2 Å². The second kappa shape index (κ2) is 5.34. The molecule has 1 aromatic heterocycles. The summed E-state index contributed by atoms with van der Waals surface area (Å²) in [7, 11) is 0. The molecule has 0 unspecified atom stereocenters. The standard InChI is InChI=1S/C21H20N2O3/c1-13-3-6-16(19-20(13)25-12-21(19)9-10-21)26-17-7-5-15(11-22-17)23-14(2)4-8-18(23)24/h3-7,11H,8-10,12H2,1-2H3. The van der Waals surface area contributed by atoms with Crippen LogP contribution in [0.3, 0.4) is 0 Å². The Hall–Kier alpha value is -2.82. The number of aryl methyl sites for hydroxylation is 1. The zero-order chi connectivity index (χ0) is 17.9. The number of carbonyl (C=O) groups excluding carboxylic acids is 1. The van der Waals surface area contributed by atoms with Crippen molar-refractivity contribution in [1.29, 1.82) is 0 Å². The number of ether oxygens (including phenoxy) is 2. The molecule has 0 bridgehead atoms.